The van der Waals surface area contributed by atoms with Crippen molar-refractivity contribution in [2.24, 2.45) is 5.92 Å². The van der Waals surface area contributed by atoms with E-state index in [0.717, 1.165) is 4.31 Å². The molecule has 0 aliphatic carbocycles. The van der Waals surface area contributed by atoms with E-state index in [4.69, 9.17) is 4.42 Å². The van der Waals surface area contributed by atoms with Crippen molar-refractivity contribution in [1.29, 1.82) is 0 Å². The molecular formula is C20H25N3O5S. The van der Waals surface area contributed by atoms with Gasteiger partial charge in [0.1, 0.15) is 6.26 Å². The number of nitrogens with zero attached hydrogens (tertiary/aromatic N) is 2. The molecule has 0 bridgehead atoms. The summed E-state index contributed by atoms with van der Waals surface area (Å²) >= 11 is 0. The molecule has 1 fully saturated rings. The lowest BCUT2D eigenvalue weighted by Gasteiger charge is -2.31. The zero-order chi connectivity index (χ0) is 21.0. The third-order valence-corrected chi connectivity index (χ3v) is 7.02. The maximum atomic E-state index is 12.6. The van der Waals surface area contributed by atoms with E-state index in [1.807, 2.05) is 0 Å². The van der Waals surface area contributed by atoms with Crippen LogP contribution in [0.15, 0.2) is 52.2 Å². The summed E-state index contributed by atoms with van der Waals surface area (Å²) in [4.78, 5) is 26.8. The fourth-order valence-electron chi connectivity index (χ4n) is 3.34. The lowest BCUT2D eigenvalue weighted by Crippen LogP contribution is -2.42. The third kappa shape index (κ3) is 4.68. The zero-order valence-corrected chi connectivity index (χ0v) is 17.3. The first-order valence-electron chi connectivity index (χ1n) is 9.40. The summed E-state index contributed by atoms with van der Waals surface area (Å²) in [6.45, 7) is 1.12. The van der Waals surface area contributed by atoms with Crippen molar-refractivity contribution in [1.82, 2.24) is 14.5 Å². The fourth-order valence-corrected chi connectivity index (χ4v) is 4.45. The molecule has 1 aliphatic rings. The maximum Gasteiger partial charge on any atom is 0.257 e. The fraction of sp³-hybridized carbons (Fsp3) is 0.400. The van der Waals surface area contributed by atoms with Gasteiger partial charge in [-0.1, -0.05) is 18.2 Å². The van der Waals surface area contributed by atoms with E-state index in [-0.39, 0.29) is 29.2 Å². The van der Waals surface area contributed by atoms with Crippen LogP contribution in [-0.2, 0) is 21.4 Å². The molecule has 1 aromatic heterocycles. The van der Waals surface area contributed by atoms with Gasteiger partial charge in [0.15, 0.2) is 0 Å². The summed E-state index contributed by atoms with van der Waals surface area (Å²) in [5.74, 6) is -0.432. The number of hydrogen-bond donors (Lipinski definition) is 1. The summed E-state index contributed by atoms with van der Waals surface area (Å²) in [5.41, 5.74) is 1.05. The third-order valence-electron chi connectivity index (χ3n) is 5.11. The highest BCUT2D eigenvalue weighted by atomic mass is 32.2. The minimum absolute atomic E-state index is 0.0968. The molecule has 1 N–H and O–H groups in total. The van der Waals surface area contributed by atoms with Crippen molar-refractivity contribution < 1.29 is 22.4 Å². The summed E-state index contributed by atoms with van der Waals surface area (Å²) in [6.07, 6.45) is 4.00. The van der Waals surface area contributed by atoms with E-state index in [9.17, 15) is 18.0 Å². The van der Waals surface area contributed by atoms with Crippen LogP contribution in [0.2, 0.25) is 0 Å². The number of carbonyl (C=O) groups is 2. The predicted octanol–water partition coefficient (Wildman–Crippen LogP) is 1.70. The van der Waals surface area contributed by atoms with Gasteiger partial charge in [0.2, 0.25) is 15.9 Å². The topological polar surface area (TPSA) is 99.9 Å². The standard InChI is InChI=1S/C20H25N3O5S/c1-22(2)29(26,27)18-6-4-3-5-16(18)13-21-19(24)15-7-10-23(11-8-15)20(25)17-9-12-28-14-17/h3-6,9,12,14-15H,7-8,10-11,13H2,1-2H3,(H,21,24). The first-order valence-corrected chi connectivity index (χ1v) is 10.8. The van der Waals surface area contributed by atoms with Crippen molar-refractivity contribution in [2.75, 3.05) is 27.2 Å². The molecule has 1 aliphatic heterocycles. The Morgan fingerprint density at radius 3 is 2.48 bits per heavy atom. The predicted molar refractivity (Wildman–Crippen MR) is 106 cm³/mol. The Labute approximate surface area is 170 Å². The molecule has 8 nitrogen and oxygen atoms in total. The highest BCUT2D eigenvalue weighted by molar-refractivity contribution is 7.89. The van der Waals surface area contributed by atoms with Gasteiger partial charge in [0, 0.05) is 39.6 Å². The number of hydrogen-bond acceptors (Lipinski definition) is 5. The largest absolute Gasteiger partial charge is 0.472 e. The minimum atomic E-state index is -3.59. The minimum Gasteiger partial charge on any atom is -0.472 e. The molecule has 156 valence electrons. The van der Waals surface area contributed by atoms with Gasteiger partial charge in [0.25, 0.3) is 5.91 Å². The Balaban J connectivity index is 1.57. The van der Waals surface area contributed by atoms with Crippen LogP contribution < -0.4 is 5.32 Å². The summed E-state index contributed by atoms with van der Waals surface area (Å²) in [6, 6.07) is 8.27. The molecule has 0 radical (unpaired) electrons. The van der Waals surface area contributed by atoms with Crippen LogP contribution in [-0.4, -0.2) is 56.6 Å². The highest BCUT2D eigenvalue weighted by Crippen LogP contribution is 2.21. The van der Waals surface area contributed by atoms with E-state index in [2.05, 4.69) is 5.32 Å². The average molecular weight is 420 g/mol. The van der Waals surface area contributed by atoms with Crippen LogP contribution in [0, 0.1) is 5.92 Å². The van der Waals surface area contributed by atoms with Gasteiger partial charge in [-0.2, -0.15) is 0 Å². The van der Waals surface area contributed by atoms with E-state index >= 15 is 0 Å². The Bertz CT molecular complexity index is 962. The Morgan fingerprint density at radius 1 is 1.17 bits per heavy atom. The van der Waals surface area contributed by atoms with Crippen LogP contribution in [0.5, 0.6) is 0 Å². The molecule has 9 heteroatoms. The molecular weight excluding hydrogens is 394 g/mol. The molecule has 2 heterocycles. The number of amides is 2. The molecule has 1 aromatic carbocycles. The summed E-state index contributed by atoms with van der Waals surface area (Å²) in [7, 11) is -0.637. The number of rotatable bonds is 6. The van der Waals surface area contributed by atoms with Gasteiger partial charge in [-0.3, -0.25) is 9.59 Å². The first-order chi connectivity index (χ1) is 13.8. The Morgan fingerprint density at radius 2 is 1.86 bits per heavy atom. The number of piperidine rings is 1. The second-order valence-electron chi connectivity index (χ2n) is 7.19. The van der Waals surface area contributed by atoms with Gasteiger partial charge in [-0.25, -0.2) is 12.7 Å². The number of nitrogens with one attached hydrogen (secondary N) is 1. The summed E-state index contributed by atoms with van der Waals surface area (Å²) < 4.78 is 31.0. The zero-order valence-electron chi connectivity index (χ0n) is 16.5. The van der Waals surface area contributed by atoms with Crippen LogP contribution in [0.1, 0.15) is 28.8 Å². The van der Waals surface area contributed by atoms with Crippen molar-refractivity contribution in [2.45, 2.75) is 24.3 Å². The molecule has 0 spiro atoms. The van der Waals surface area contributed by atoms with E-state index < -0.39 is 10.0 Å². The lowest BCUT2D eigenvalue weighted by molar-refractivity contribution is -0.126. The first kappa shape index (κ1) is 21.1. The van der Waals surface area contributed by atoms with E-state index in [0.29, 0.717) is 37.1 Å². The van der Waals surface area contributed by atoms with E-state index in [1.54, 1.807) is 29.2 Å². The monoisotopic (exact) mass is 419 g/mol. The van der Waals surface area contributed by atoms with Crippen molar-refractivity contribution in [3.63, 3.8) is 0 Å². The number of likely N-dealkylation sites (tertiary alicyclic amines) is 1. The van der Waals surface area contributed by atoms with Crippen LogP contribution >= 0.6 is 0 Å². The second-order valence-corrected chi connectivity index (χ2v) is 9.31. The maximum absolute atomic E-state index is 12.6. The SMILES string of the molecule is CN(C)S(=O)(=O)c1ccccc1CNC(=O)C1CCN(C(=O)c2ccoc2)CC1. The molecule has 1 saturated heterocycles. The van der Waals surface area contributed by atoms with Crippen LogP contribution in [0.3, 0.4) is 0 Å². The van der Waals surface area contributed by atoms with Gasteiger partial charge in [-0.05, 0) is 30.5 Å². The molecule has 0 atom stereocenters. The van der Waals surface area contributed by atoms with Crippen molar-refractivity contribution >= 4 is 21.8 Å². The van der Waals surface area contributed by atoms with Crippen LogP contribution in [0.25, 0.3) is 0 Å². The van der Waals surface area contributed by atoms with Crippen LogP contribution in [0.4, 0.5) is 0 Å². The number of sulfonamides is 1. The smallest absolute Gasteiger partial charge is 0.257 e. The Hall–Kier alpha value is -2.65. The molecule has 0 unspecified atom stereocenters. The molecule has 2 amide bonds. The summed E-state index contributed by atoms with van der Waals surface area (Å²) in [5, 5.41) is 2.85. The van der Waals surface area contributed by atoms with Crippen molar-refractivity contribution in [3.05, 3.63) is 54.0 Å². The van der Waals surface area contributed by atoms with Crippen molar-refractivity contribution in [3.8, 4) is 0 Å². The van der Waals surface area contributed by atoms with Gasteiger partial charge >= 0.3 is 0 Å². The molecule has 0 saturated carbocycles. The second kappa shape index (κ2) is 8.79. The number of furan rings is 1. The normalized spacial score (nSPS) is 15.5. The molecule has 3 rings (SSSR count). The Kier molecular flexibility index (Phi) is 6.39. The molecule has 29 heavy (non-hydrogen) atoms. The number of benzene rings is 1. The van der Waals surface area contributed by atoms with E-state index in [1.165, 1.54) is 32.7 Å². The molecule has 2 aromatic rings. The van der Waals surface area contributed by atoms with Gasteiger partial charge in [0.05, 0.1) is 16.7 Å². The highest BCUT2D eigenvalue weighted by Gasteiger charge is 2.28. The van der Waals surface area contributed by atoms with Gasteiger partial charge in [-0.15, -0.1) is 0 Å². The number of carbonyl (C=O) groups excluding carboxylic acids is 2. The lowest BCUT2D eigenvalue weighted by atomic mass is 9.95. The quantitative estimate of drug-likeness (QED) is 0.768. The van der Waals surface area contributed by atoms with Gasteiger partial charge < -0.3 is 14.6 Å². The average Bonchev–Trinajstić information content (AvgIpc) is 3.26.